The topological polar surface area (TPSA) is 30.2 Å². The van der Waals surface area contributed by atoms with Crippen LogP contribution in [0.2, 0.25) is 0 Å². The zero-order chi connectivity index (χ0) is 11.9. The number of rotatable bonds is 1. The highest BCUT2D eigenvalue weighted by molar-refractivity contribution is 5.82. The minimum absolute atomic E-state index is 0.375. The summed E-state index contributed by atoms with van der Waals surface area (Å²) in [5.74, 6) is 0.375. The Morgan fingerprint density at radius 3 is 1.59 bits per heavy atom. The summed E-state index contributed by atoms with van der Waals surface area (Å²) in [6.45, 7) is 0. The molecule has 0 amide bonds. The molecule has 17 heavy (non-hydrogen) atoms. The number of furan rings is 1. The first-order chi connectivity index (χ1) is 8.40. The second-order valence-corrected chi connectivity index (χ2v) is 3.48. The van der Waals surface area contributed by atoms with Gasteiger partial charge in [0.1, 0.15) is 0 Å². The summed E-state index contributed by atoms with van der Waals surface area (Å²) in [5.41, 5.74) is 0. The zero-order valence-electron chi connectivity index (χ0n) is 9.24. The van der Waals surface area contributed by atoms with Gasteiger partial charge < -0.3 is 4.42 Å². The lowest BCUT2D eigenvalue weighted by Crippen LogP contribution is -1.67. The zero-order valence-corrected chi connectivity index (χ0v) is 9.24. The maximum Gasteiger partial charge on any atom is 0.185 e. The van der Waals surface area contributed by atoms with E-state index in [2.05, 4.69) is 52.9 Å². The van der Waals surface area contributed by atoms with E-state index in [1.807, 2.05) is 0 Å². The molecule has 84 valence electrons. The fourth-order valence-corrected chi connectivity index (χ4v) is 1.49. The Morgan fingerprint density at radius 2 is 1.29 bits per heavy atom. The fourth-order valence-electron chi connectivity index (χ4n) is 1.49. The molecule has 3 aromatic rings. The number of carbonyl (C=O) groups excluding carboxylic acids is 1. The first-order valence-corrected chi connectivity index (χ1v) is 5.32. The van der Waals surface area contributed by atoms with E-state index in [1.54, 1.807) is 12.1 Å². The van der Waals surface area contributed by atoms with E-state index in [1.165, 1.54) is 17.0 Å². The van der Waals surface area contributed by atoms with E-state index in [9.17, 15) is 4.79 Å². The molecule has 0 spiro atoms. The molecule has 0 unspecified atom stereocenters. The summed E-state index contributed by atoms with van der Waals surface area (Å²) in [5, 5.41) is 2.62. The summed E-state index contributed by atoms with van der Waals surface area (Å²) < 4.78 is 4.61. The van der Waals surface area contributed by atoms with E-state index in [-0.39, 0.29) is 0 Å². The Morgan fingerprint density at radius 1 is 0.765 bits per heavy atom. The monoisotopic (exact) mass is 224 g/mol. The maximum atomic E-state index is 9.77. The van der Waals surface area contributed by atoms with Gasteiger partial charge in [0.05, 0.1) is 6.26 Å². The molecule has 0 radical (unpaired) electrons. The second-order valence-electron chi connectivity index (χ2n) is 3.48. The third-order valence-corrected chi connectivity index (χ3v) is 2.32. The van der Waals surface area contributed by atoms with Crippen LogP contribution in [0.4, 0.5) is 0 Å². The summed E-state index contributed by atoms with van der Waals surface area (Å²) >= 11 is 0. The minimum Gasteiger partial charge on any atom is -0.462 e. The number of fused-ring (bicyclic) bond motifs is 1. The predicted octanol–water partition coefficient (Wildman–Crippen LogP) is 3.93. The van der Waals surface area contributed by atoms with Gasteiger partial charge >= 0.3 is 0 Å². The smallest absolute Gasteiger partial charge is 0.185 e. The Bertz CT molecular complexity index is 517. The SMILES string of the molecule is O=Cc1ccco1.c1ccc2ccccc2c1. The molecular formula is C15H12O2. The highest BCUT2D eigenvalue weighted by atomic mass is 16.3. The van der Waals surface area contributed by atoms with Crippen molar-refractivity contribution in [2.24, 2.45) is 0 Å². The van der Waals surface area contributed by atoms with Crippen LogP contribution >= 0.6 is 0 Å². The first-order valence-electron chi connectivity index (χ1n) is 5.32. The van der Waals surface area contributed by atoms with Gasteiger partial charge in [-0.15, -0.1) is 0 Å². The number of carbonyl (C=O) groups is 1. The summed E-state index contributed by atoms with van der Waals surface area (Å²) in [7, 11) is 0. The van der Waals surface area contributed by atoms with Crippen LogP contribution in [-0.4, -0.2) is 6.29 Å². The largest absolute Gasteiger partial charge is 0.462 e. The first kappa shape index (κ1) is 11.1. The molecule has 2 aromatic carbocycles. The molecule has 0 saturated heterocycles. The van der Waals surface area contributed by atoms with Gasteiger partial charge in [-0.2, -0.15) is 0 Å². The summed E-state index contributed by atoms with van der Waals surface area (Å²) in [6.07, 6.45) is 2.13. The molecule has 3 rings (SSSR count). The predicted molar refractivity (Wildman–Crippen MR) is 68.0 cm³/mol. The molecule has 2 heteroatoms. The quantitative estimate of drug-likeness (QED) is 0.586. The molecule has 0 aliphatic rings. The number of hydrogen-bond acceptors (Lipinski definition) is 2. The van der Waals surface area contributed by atoms with E-state index < -0.39 is 0 Å². The van der Waals surface area contributed by atoms with Crippen molar-refractivity contribution in [3.05, 3.63) is 72.7 Å². The van der Waals surface area contributed by atoms with Crippen LogP contribution in [0.1, 0.15) is 10.6 Å². The third-order valence-electron chi connectivity index (χ3n) is 2.32. The number of aldehydes is 1. The van der Waals surface area contributed by atoms with Gasteiger partial charge in [0.15, 0.2) is 12.0 Å². The molecule has 0 saturated carbocycles. The van der Waals surface area contributed by atoms with Gasteiger partial charge in [-0.3, -0.25) is 4.79 Å². The van der Waals surface area contributed by atoms with Crippen molar-refractivity contribution >= 4 is 17.1 Å². The standard InChI is InChI=1S/C10H8.C5H4O2/c1-2-6-10-8-4-3-7-9(10)5-1;6-4-5-2-1-3-7-5/h1-8H;1-4H. The molecule has 0 aliphatic carbocycles. The van der Waals surface area contributed by atoms with Crippen molar-refractivity contribution in [1.82, 2.24) is 0 Å². The van der Waals surface area contributed by atoms with Crippen molar-refractivity contribution in [3.8, 4) is 0 Å². The van der Waals surface area contributed by atoms with Gasteiger partial charge in [0.2, 0.25) is 0 Å². The maximum absolute atomic E-state index is 9.77. The fraction of sp³-hybridized carbons (Fsp3) is 0. The minimum atomic E-state index is 0.375. The van der Waals surface area contributed by atoms with Gasteiger partial charge in [0.25, 0.3) is 0 Å². The normalized spacial score (nSPS) is 9.41. The van der Waals surface area contributed by atoms with Crippen LogP contribution in [0.5, 0.6) is 0 Å². The highest BCUT2D eigenvalue weighted by Crippen LogP contribution is 2.11. The molecule has 0 aliphatic heterocycles. The lowest BCUT2D eigenvalue weighted by Gasteiger charge is -1.92. The molecule has 0 bridgehead atoms. The second kappa shape index (κ2) is 5.66. The van der Waals surface area contributed by atoms with Crippen molar-refractivity contribution in [3.63, 3.8) is 0 Å². The molecule has 1 aromatic heterocycles. The van der Waals surface area contributed by atoms with Crippen molar-refractivity contribution in [2.75, 3.05) is 0 Å². The molecular weight excluding hydrogens is 212 g/mol. The van der Waals surface area contributed by atoms with Crippen molar-refractivity contribution in [2.45, 2.75) is 0 Å². The lowest BCUT2D eigenvalue weighted by atomic mass is 10.1. The van der Waals surface area contributed by atoms with E-state index in [0.29, 0.717) is 12.0 Å². The highest BCUT2D eigenvalue weighted by Gasteiger charge is 1.85. The lowest BCUT2D eigenvalue weighted by molar-refractivity contribution is 0.110. The Balaban J connectivity index is 0.000000136. The van der Waals surface area contributed by atoms with E-state index in [0.717, 1.165) is 0 Å². The average Bonchev–Trinajstić information content (AvgIpc) is 2.93. The van der Waals surface area contributed by atoms with Crippen LogP contribution in [-0.2, 0) is 0 Å². The number of hydrogen-bond donors (Lipinski definition) is 0. The van der Waals surface area contributed by atoms with Crippen LogP contribution < -0.4 is 0 Å². The average molecular weight is 224 g/mol. The Labute approximate surface area is 99.5 Å². The van der Waals surface area contributed by atoms with Crippen LogP contribution in [0.15, 0.2) is 71.3 Å². The van der Waals surface area contributed by atoms with Gasteiger partial charge in [-0.05, 0) is 22.9 Å². The van der Waals surface area contributed by atoms with Gasteiger partial charge in [-0.25, -0.2) is 0 Å². The van der Waals surface area contributed by atoms with Crippen LogP contribution in [0, 0.1) is 0 Å². The molecule has 1 heterocycles. The molecule has 0 N–H and O–H groups in total. The van der Waals surface area contributed by atoms with Crippen molar-refractivity contribution < 1.29 is 9.21 Å². The van der Waals surface area contributed by atoms with Crippen molar-refractivity contribution in [1.29, 1.82) is 0 Å². The molecule has 0 fully saturated rings. The van der Waals surface area contributed by atoms with Gasteiger partial charge in [-0.1, -0.05) is 48.5 Å². The van der Waals surface area contributed by atoms with E-state index >= 15 is 0 Å². The summed E-state index contributed by atoms with van der Waals surface area (Å²) in [6, 6.07) is 20.0. The van der Waals surface area contributed by atoms with Crippen LogP contribution in [0.3, 0.4) is 0 Å². The third kappa shape index (κ3) is 3.05. The van der Waals surface area contributed by atoms with Crippen LogP contribution in [0.25, 0.3) is 10.8 Å². The Hall–Kier alpha value is -2.35. The Kier molecular flexibility index (Phi) is 3.71. The molecule has 2 nitrogen and oxygen atoms in total. The number of benzene rings is 2. The molecule has 0 atom stereocenters. The van der Waals surface area contributed by atoms with Gasteiger partial charge in [0, 0.05) is 0 Å². The summed E-state index contributed by atoms with van der Waals surface area (Å²) in [4.78, 5) is 9.77. The van der Waals surface area contributed by atoms with E-state index in [4.69, 9.17) is 0 Å².